The molecule has 5 aliphatic rings. The molecule has 4 fully saturated rings. The summed E-state index contributed by atoms with van der Waals surface area (Å²) in [6, 6.07) is 11.8. The number of rotatable bonds is 11. The summed E-state index contributed by atoms with van der Waals surface area (Å²) in [5.74, 6) is 4.04. The number of hydrazine groups is 1. The van der Waals surface area contributed by atoms with Crippen molar-refractivity contribution < 1.29 is 33.4 Å². The highest BCUT2D eigenvalue weighted by Gasteiger charge is 2.54. The van der Waals surface area contributed by atoms with Gasteiger partial charge in [0.25, 0.3) is 11.8 Å². The Morgan fingerprint density at radius 3 is 2.45 bits per heavy atom. The van der Waals surface area contributed by atoms with E-state index >= 15 is 0 Å². The molecule has 0 unspecified atom stereocenters. The minimum absolute atomic E-state index is 0.116. The number of amides is 4. The molecule has 15 nitrogen and oxygen atoms in total. The number of esters is 1. The van der Waals surface area contributed by atoms with Gasteiger partial charge >= 0.3 is 5.97 Å². The molecule has 396 valence electrons. The van der Waals surface area contributed by atoms with Gasteiger partial charge in [-0.3, -0.25) is 38.9 Å². The average Bonchev–Trinajstić information content (AvgIpc) is 4.03. The van der Waals surface area contributed by atoms with Gasteiger partial charge in [-0.15, -0.1) is 0 Å². The van der Waals surface area contributed by atoms with E-state index in [0.717, 1.165) is 69.6 Å². The number of cyclic esters (lactones) is 1. The summed E-state index contributed by atoms with van der Waals surface area (Å²) in [7, 11) is 1.67. The molecular formula is C59H78N8O7. The van der Waals surface area contributed by atoms with Gasteiger partial charge in [0, 0.05) is 87.4 Å². The van der Waals surface area contributed by atoms with E-state index in [9.17, 15) is 24.0 Å². The Labute approximate surface area is 438 Å². The van der Waals surface area contributed by atoms with Crippen molar-refractivity contribution in [2.75, 3.05) is 53.0 Å². The number of nitrogens with zero attached hydrogens (tertiary/aromatic N) is 6. The molecule has 1 spiro atoms. The van der Waals surface area contributed by atoms with Gasteiger partial charge in [0.05, 0.1) is 35.1 Å². The molecule has 1 aromatic heterocycles. The van der Waals surface area contributed by atoms with Crippen LogP contribution in [0.3, 0.4) is 0 Å². The predicted octanol–water partition coefficient (Wildman–Crippen LogP) is 6.96. The highest BCUT2D eigenvalue weighted by molar-refractivity contribution is 5.98. The second-order valence-electron chi connectivity index (χ2n) is 22.6. The third-order valence-corrected chi connectivity index (χ3v) is 16.1. The third-order valence-electron chi connectivity index (χ3n) is 16.1. The first kappa shape index (κ1) is 54.2. The maximum absolute atomic E-state index is 14.9. The van der Waals surface area contributed by atoms with Crippen molar-refractivity contribution in [2.24, 2.45) is 21.7 Å². The molecule has 8 rings (SSSR count). The Morgan fingerprint density at radius 1 is 1.03 bits per heavy atom. The van der Waals surface area contributed by atoms with E-state index in [2.05, 4.69) is 89.7 Å². The predicted molar refractivity (Wildman–Crippen MR) is 289 cm³/mol. The molecule has 2 aromatic carbocycles. The fourth-order valence-corrected chi connectivity index (χ4v) is 11.7. The van der Waals surface area contributed by atoms with Crippen molar-refractivity contribution in [1.29, 1.82) is 0 Å². The van der Waals surface area contributed by atoms with Crippen LogP contribution in [-0.4, -0.2) is 143 Å². The number of methoxy groups -OCH3 is 1. The van der Waals surface area contributed by atoms with Crippen LogP contribution in [0.5, 0.6) is 0 Å². The molecule has 2 N–H and O–H groups in total. The monoisotopic (exact) mass is 1010 g/mol. The Morgan fingerprint density at radius 2 is 1.77 bits per heavy atom. The number of likely N-dealkylation sites (tertiary alicyclic amines) is 3. The number of hydrogen-bond donors (Lipinski definition) is 2. The average molecular weight is 1010 g/mol. The number of carbonyl (C=O) groups is 5. The normalized spacial score (nSPS) is 23.8. The quantitative estimate of drug-likeness (QED) is 0.0897. The van der Waals surface area contributed by atoms with Crippen LogP contribution >= 0.6 is 0 Å². The number of ether oxygens (including phenoxy) is 2. The molecule has 3 aromatic rings. The Kier molecular flexibility index (Phi) is 16.1. The molecule has 4 amide bonds. The Bertz CT molecular complexity index is 2810. The van der Waals surface area contributed by atoms with Gasteiger partial charge in [-0.05, 0) is 119 Å². The molecule has 0 aliphatic carbocycles. The number of aliphatic imine (C=N–C) groups is 1. The van der Waals surface area contributed by atoms with Crippen molar-refractivity contribution in [3.63, 3.8) is 0 Å². The number of aromatic nitrogens is 1. The van der Waals surface area contributed by atoms with Gasteiger partial charge in [0.15, 0.2) is 0 Å². The molecule has 6 heterocycles. The van der Waals surface area contributed by atoms with E-state index in [-0.39, 0.29) is 43.4 Å². The number of benzene rings is 2. The van der Waals surface area contributed by atoms with Gasteiger partial charge in [-0.25, -0.2) is 5.43 Å². The summed E-state index contributed by atoms with van der Waals surface area (Å²) in [6.45, 7) is 26.4. The first-order valence-corrected chi connectivity index (χ1v) is 26.8. The number of nitrogens with one attached hydrogen (secondary N) is 2. The molecule has 5 atom stereocenters. The lowest BCUT2D eigenvalue weighted by Crippen LogP contribution is -2.62. The minimum Gasteiger partial charge on any atom is -0.464 e. The first-order valence-electron chi connectivity index (χ1n) is 26.8. The largest absolute Gasteiger partial charge is 0.464 e. The van der Waals surface area contributed by atoms with Crippen LogP contribution in [0.2, 0.25) is 0 Å². The van der Waals surface area contributed by atoms with Gasteiger partial charge in [0.1, 0.15) is 18.1 Å². The molecular weight excluding hydrogens is 933 g/mol. The highest BCUT2D eigenvalue weighted by Crippen LogP contribution is 2.43. The maximum Gasteiger partial charge on any atom is 0.324 e. The van der Waals surface area contributed by atoms with Gasteiger partial charge < -0.3 is 29.2 Å². The van der Waals surface area contributed by atoms with Crippen molar-refractivity contribution >= 4 is 52.3 Å². The maximum atomic E-state index is 14.9. The summed E-state index contributed by atoms with van der Waals surface area (Å²) >= 11 is 0. The van der Waals surface area contributed by atoms with E-state index < -0.39 is 52.3 Å². The first-order chi connectivity index (χ1) is 35.2. The van der Waals surface area contributed by atoms with Gasteiger partial charge in [-0.1, -0.05) is 76.6 Å². The van der Waals surface area contributed by atoms with Crippen LogP contribution < -0.4 is 10.7 Å². The molecule has 0 saturated carbocycles. The Hall–Kier alpha value is -6.08. The number of hydrogen-bond acceptors (Lipinski definition) is 10. The van der Waals surface area contributed by atoms with E-state index in [1.165, 1.54) is 5.01 Å². The second-order valence-corrected chi connectivity index (χ2v) is 22.6. The number of fused-ring (bicyclic) bond motifs is 6. The zero-order valence-electron chi connectivity index (χ0n) is 45.4. The molecule has 5 aliphatic heterocycles. The summed E-state index contributed by atoms with van der Waals surface area (Å²) in [5.41, 5.74) is 8.87. The lowest BCUT2D eigenvalue weighted by atomic mass is 9.84. The molecule has 0 radical (unpaired) electrons. The lowest BCUT2D eigenvalue weighted by molar-refractivity contribution is -0.155. The van der Waals surface area contributed by atoms with E-state index in [1.807, 2.05) is 59.8 Å². The molecule has 4 saturated heterocycles. The van der Waals surface area contributed by atoms with Crippen LogP contribution in [0.1, 0.15) is 111 Å². The van der Waals surface area contributed by atoms with Gasteiger partial charge in [-0.2, -0.15) is 0 Å². The van der Waals surface area contributed by atoms with E-state index in [4.69, 9.17) is 14.5 Å². The second kappa shape index (κ2) is 22.0. The van der Waals surface area contributed by atoms with E-state index in [0.29, 0.717) is 58.3 Å². The van der Waals surface area contributed by atoms with Crippen molar-refractivity contribution in [1.82, 2.24) is 35.0 Å². The van der Waals surface area contributed by atoms with Crippen LogP contribution in [0.25, 0.3) is 27.6 Å². The fraction of sp³-hybridized carbons (Fsp3) is 0.559. The number of aryl methyl sites for hydroxylation is 1. The van der Waals surface area contributed by atoms with Crippen LogP contribution in [0.15, 0.2) is 65.8 Å². The van der Waals surface area contributed by atoms with Crippen LogP contribution in [0.4, 0.5) is 0 Å². The third kappa shape index (κ3) is 10.9. The summed E-state index contributed by atoms with van der Waals surface area (Å²) < 4.78 is 14.3. The van der Waals surface area contributed by atoms with Crippen molar-refractivity contribution in [2.45, 2.75) is 144 Å². The number of carbonyl (C=O) groups excluding carboxylic acids is 5. The van der Waals surface area contributed by atoms with Crippen LogP contribution in [0, 0.1) is 28.6 Å². The van der Waals surface area contributed by atoms with Crippen LogP contribution in [-0.2, 0) is 52.8 Å². The zero-order valence-corrected chi connectivity index (χ0v) is 45.4. The van der Waals surface area contributed by atoms with Gasteiger partial charge in [0.2, 0.25) is 11.8 Å². The highest BCUT2D eigenvalue weighted by atomic mass is 16.5. The van der Waals surface area contributed by atoms with Crippen molar-refractivity contribution in [3.05, 3.63) is 77.6 Å². The molecule has 15 heteroatoms. The summed E-state index contributed by atoms with van der Waals surface area (Å²) in [4.78, 5) is 82.4. The zero-order chi connectivity index (χ0) is 53.3. The summed E-state index contributed by atoms with van der Waals surface area (Å²) in [5, 5.41) is 5.64. The molecule has 6 bridgehead atoms. The fourth-order valence-electron chi connectivity index (χ4n) is 11.7. The smallest absolute Gasteiger partial charge is 0.324 e. The van der Waals surface area contributed by atoms with E-state index in [1.54, 1.807) is 23.1 Å². The van der Waals surface area contributed by atoms with Crippen molar-refractivity contribution in [3.8, 4) is 23.0 Å². The standard InChI is InChI=1S/C59H78N8O7/c1-12-43(50(60-13-2)39(6)73-11)52-45-35-57(7,8)37-74-55(71)46-20-16-29-67(62-46)54(70)47(33-40-18-15-19-41(32-40)42-21-22-48(44(45)34-42)65(52)14-3)61-53(69)51(38(4)5)66-31-26-59(56(66)72)25-30-63(36-59)49(68)23-24-58(9,10)64-27-17-28-64/h12-13,15,18-19,21-22,32,34,38-39,46-47,51,62H,1,14,16-17,20,25-31,33,35-37H2,2-11H3,(H,61,69)/b50-43+,60-13-/t39-,46-,47-,51-,59-/m0/s1. The topological polar surface area (TPSA) is 158 Å². The number of allylic oxidation sites excluding steroid dienone is 2. The SMILES string of the molecule is C=C/C(=C(\N=C/C)[C@H](C)OC)c1c2c3cc(ccc3n1CC)-c1cccc(c1)C[C@H](NC(=O)[C@H](C(C)C)N1CC[C@]3(CCN(C(=O)C#CC(C)(C)N4CCC4)C3)C1=O)C(=O)N1CCC[C@H](N1)C(=O)OCC(C)(C)C2. The lowest BCUT2D eigenvalue weighted by Gasteiger charge is -2.41. The minimum atomic E-state index is -1.06. The molecule has 74 heavy (non-hydrogen) atoms. The summed E-state index contributed by atoms with van der Waals surface area (Å²) in [6.07, 6.45) is 7.13. The Balaban J connectivity index is 1.13.